The van der Waals surface area contributed by atoms with Gasteiger partial charge in [0.15, 0.2) is 0 Å². The predicted molar refractivity (Wildman–Crippen MR) is 75.7 cm³/mol. The average molecular weight is 261 g/mol. The molecule has 1 fully saturated rings. The lowest BCUT2D eigenvalue weighted by atomic mass is 9.93. The van der Waals surface area contributed by atoms with Crippen LogP contribution in [0.3, 0.4) is 0 Å². The number of carbonyl (C=O) groups excluding carboxylic acids is 1. The second kappa shape index (κ2) is 6.71. The molecule has 0 saturated heterocycles. The lowest BCUT2D eigenvalue weighted by molar-refractivity contribution is -0.146. The van der Waals surface area contributed by atoms with Crippen LogP contribution in [0.5, 0.6) is 0 Å². The zero-order valence-corrected chi connectivity index (χ0v) is 11.7. The Hall–Kier alpha value is -1.35. The zero-order valence-electron chi connectivity index (χ0n) is 11.7. The van der Waals surface area contributed by atoms with E-state index in [-0.39, 0.29) is 11.5 Å². The Morgan fingerprint density at radius 1 is 1.26 bits per heavy atom. The quantitative estimate of drug-likeness (QED) is 0.800. The Labute approximate surface area is 115 Å². The van der Waals surface area contributed by atoms with Crippen LogP contribution >= 0.6 is 0 Å². The van der Waals surface area contributed by atoms with Crippen molar-refractivity contribution in [1.29, 1.82) is 0 Å². The van der Waals surface area contributed by atoms with E-state index < -0.39 is 0 Å². The second-order valence-electron chi connectivity index (χ2n) is 5.34. The summed E-state index contributed by atoms with van der Waals surface area (Å²) in [5.74, 6) is -0.0910. The van der Waals surface area contributed by atoms with Crippen molar-refractivity contribution in [3.63, 3.8) is 0 Å². The van der Waals surface area contributed by atoms with Crippen LogP contribution in [0.1, 0.15) is 44.6 Å². The molecule has 0 unspecified atom stereocenters. The van der Waals surface area contributed by atoms with Crippen molar-refractivity contribution in [3.05, 3.63) is 35.9 Å². The second-order valence-corrected chi connectivity index (χ2v) is 5.34. The van der Waals surface area contributed by atoms with E-state index >= 15 is 0 Å². The summed E-state index contributed by atoms with van der Waals surface area (Å²) in [6.45, 7) is 3.38. The molecule has 0 amide bonds. The molecule has 19 heavy (non-hydrogen) atoms. The number of rotatable bonds is 6. The molecule has 0 bridgehead atoms. The minimum Gasteiger partial charge on any atom is -0.461 e. The molecule has 2 rings (SSSR count). The summed E-state index contributed by atoms with van der Waals surface area (Å²) < 4.78 is 5.38. The standard InChI is InChI=1S/C16H23NO2/c1-2-17-16(10-6-7-11-16)12-15(18)19-13-14-8-4-3-5-9-14/h3-5,8-9,17H,2,6-7,10-13H2,1H3. The number of carbonyl (C=O) groups is 1. The maximum atomic E-state index is 12.0. The van der Waals surface area contributed by atoms with Gasteiger partial charge in [-0.25, -0.2) is 0 Å². The van der Waals surface area contributed by atoms with E-state index in [1.54, 1.807) is 0 Å². The lowest BCUT2D eigenvalue weighted by Crippen LogP contribution is -2.44. The summed E-state index contributed by atoms with van der Waals surface area (Å²) in [4.78, 5) is 12.0. The van der Waals surface area contributed by atoms with Gasteiger partial charge in [-0.15, -0.1) is 0 Å². The molecule has 1 aromatic rings. The highest BCUT2D eigenvalue weighted by molar-refractivity contribution is 5.71. The lowest BCUT2D eigenvalue weighted by Gasteiger charge is -2.29. The van der Waals surface area contributed by atoms with Crippen molar-refractivity contribution in [2.24, 2.45) is 0 Å². The number of esters is 1. The predicted octanol–water partition coefficient (Wildman–Crippen LogP) is 3.04. The minimum atomic E-state index is -0.0910. The van der Waals surface area contributed by atoms with E-state index in [4.69, 9.17) is 4.74 Å². The number of hydrogen-bond donors (Lipinski definition) is 1. The van der Waals surface area contributed by atoms with Crippen LogP contribution in [0, 0.1) is 0 Å². The van der Waals surface area contributed by atoms with E-state index in [1.807, 2.05) is 30.3 Å². The van der Waals surface area contributed by atoms with Gasteiger partial charge in [-0.1, -0.05) is 50.1 Å². The number of benzene rings is 1. The Morgan fingerprint density at radius 2 is 1.95 bits per heavy atom. The molecule has 0 aliphatic heterocycles. The summed E-state index contributed by atoms with van der Waals surface area (Å²) in [5, 5.41) is 3.49. The third kappa shape index (κ3) is 4.06. The molecule has 0 radical (unpaired) electrons. The monoisotopic (exact) mass is 261 g/mol. The fourth-order valence-electron chi connectivity index (χ4n) is 2.91. The minimum absolute atomic E-state index is 0.0114. The summed E-state index contributed by atoms with van der Waals surface area (Å²) in [7, 11) is 0. The van der Waals surface area contributed by atoms with Crippen molar-refractivity contribution in [2.45, 2.75) is 51.2 Å². The first kappa shape index (κ1) is 14.1. The highest BCUT2D eigenvalue weighted by Gasteiger charge is 2.35. The zero-order chi connectivity index (χ0) is 13.6. The first-order valence-electron chi connectivity index (χ1n) is 7.19. The van der Waals surface area contributed by atoms with Gasteiger partial charge in [-0.05, 0) is 24.9 Å². The fourth-order valence-corrected chi connectivity index (χ4v) is 2.91. The van der Waals surface area contributed by atoms with Crippen molar-refractivity contribution in [2.75, 3.05) is 6.54 Å². The molecule has 104 valence electrons. The Morgan fingerprint density at radius 3 is 2.58 bits per heavy atom. The fraction of sp³-hybridized carbons (Fsp3) is 0.562. The van der Waals surface area contributed by atoms with E-state index in [1.165, 1.54) is 12.8 Å². The molecule has 3 nitrogen and oxygen atoms in total. The summed E-state index contributed by atoms with van der Waals surface area (Å²) in [5.41, 5.74) is 1.03. The van der Waals surface area contributed by atoms with Gasteiger partial charge in [0, 0.05) is 5.54 Å². The SMILES string of the molecule is CCNC1(CC(=O)OCc2ccccc2)CCCC1. The van der Waals surface area contributed by atoms with Gasteiger partial charge >= 0.3 is 5.97 Å². The van der Waals surface area contributed by atoms with E-state index in [2.05, 4.69) is 12.2 Å². The van der Waals surface area contributed by atoms with Gasteiger partial charge in [-0.2, -0.15) is 0 Å². The van der Waals surface area contributed by atoms with Crippen LogP contribution in [0.25, 0.3) is 0 Å². The largest absolute Gasteiger partial charge is 0.461 e. The Kier molecular flexibility index (Phi) is 4.97. The van der Waals surface area contributed by atoms with Gasteiger partial charge in [-0.3, -0.25) is 4.79 Å². The summed E-state index contributed by atoms with van der Waals surface area (Å²) in [6.07, 6.45) is 5.08. The van der Waals surface area contributed by atoms with Crippen molar-refractivity contribution in [1.82, 2.24) is 5.32 Å². The molecule has 1 N–H and O–H groups in total. The number of nitrogens with one attached hydrogen (secondary N) is 1. The first-order chi connectivity index (χ1) is 9.24. The third-order valence-corrected chi connectivity index (χ3v) is 3.84. The Bertz CT molecular complexity index is 396. The molecule has 0 aromatic heterocycles. The van der Waals surface area contributed by atoms with Crippen LogP contribution in [0.2, 0.25) is 0 Å². The van der Waals surface area contributed by atoms with Crippen molar-refractivity contribution < 1.29 is 9.53 Å². The van der Waals surface area contributed by atoms with Gasteiger partial charge in [0.25, 0.3) is 0 Å². The van der Waals surface area contributed by atoms with Crippen molar-refractivity contribution in [3.8, 4) is 0 Å². The smallest absolute Gasteiger partial charge is 0.307 e. The molecule has 1 saturated carbocycles. The topological polar surface area (TPSA) is 38.3 Å². The molecule has 1 aliphatic carbocycles. The molecule has 0 heterocycles. The molecule has 1 aliphatic rings. The summed E-state index contributed by atoms with van der Waals surface area (Å²) in [6, 6.07) is 9.83. The molecule has 0 atom stereocenters. The van der Waals surface area contributed by atoms with Gasteiger partial charge in [0.1, 0.15) is 6.61 Å². The number of ether oxygens (including phenoxy) is 1. The van der Waals surface area contributed by atoms with Crippen LogP contribution in [0.4, 0.5) is 0 Å². The molecule has 0 spiro atoms. The summed E-state index contributed by atoms with van der Waals surface area (Å²) >= 11 is 0. The normalized spacial score (nSPS) is 17.3. The van der Waals surface area contributed by atoms with E-state index in [0.717, 1.165) is 24.9 Å². The molecule has 3 heteroatoms. The van der Waals surface area contributed by atoms with Gasteiger partial charge in [0.2, 0.25) is 0 Å². The highest BCUT2D eigenvalue weighted by Crippen LogP contribution is 2.32. The van der Waals surface area contributed by atoms with Gasteiger partial charge < -0.3 is 10.1 Å². The maximum Gasteiger partial charge on any atom is 0.307 e. The number of hydrogen-bond acceptors (Lipinski definition) is 3. The highest BCUT2D eigenvalue weighted by atomic mass is 16.5. The average Bonchev–Trinajstić information content (AvgIpc) is 2.86. The first-order valence-corrected chi connectivity index (χ1v) is 7.19. The van der Waals surface area contributed by atoms with Crippen LogP contribution in [0.15, 0.2) is 30.3 Å². The third-order valence-electron chi connectivity index (χ3n) is 3.84. The van der Waals surface area contributed by atoms with E-state index in [9.17, 15) is 4.79 Å². The maximum absolute atomic E-state index is 12.0. The Balaban J connectivity index is 1.83. The van der Waals surface area contributed by atoms with Crippen LogP contribution in [-0.4, -0.2) is 18.1 Å². The van der Waals surface area contributed by atoms with Crippen molar-refractivity contribution >= 4 is 5.97 Å². The van der Waals surface area contributed by atoms with Crippen LogP contribution < -0.4 is 5.32 Å². The van der Waals surface area contributed by atoms with Crippen LogP contribution in [-0.2, 0) is 16.1 Å². The molecular weight excluding hydrogens is 238 g/mol. The molecule has 1 aromatic carbocycles. The van der Waals surface area contributed by atoms with E-state index in [0.29, 0.717) is 13.0 Å². The molecular formula is C16H23NO2. The van der Waals surface area contributed by atoms with Gasteiger partial charge in [0.05, 0.1) is 6.42 Å².